The van der Waals surface area contributed by atoms with Gasteiger partial charge in [-0.05, 0) is 24.6 Å². The summed E-state index contributed by atoms with van der Waals surface area (Å²) in [4.78, 5) is 0. The molecule has 68 valence electrons. The van der Waals surface area contributed by atoms with Crippen LogP contribution in [-0.4, -0.2) is 17.5 Å². The topological polar surface area (TPSA) is 26.0 Å². The van der Waals surface area contributed by atoms with Gasteiger partial charge in [-0.2, -0.15) is 11.8 Å². The lowest BCUT2D eigenvalue weighted by molar-refractivity contribution is 0.634. The van der Waals surface area contributed by atoms with Crippen molar-refractivity contribution in [1.82, 2.24) is 0 Å². The van der Waals surface area contributed by atoms with Crippen molar-refractivity contribution in [3.05, 3.63) is 0 Å². The molecule has 0 heterocycles. The van der Waals surface area contributed by atoms with E-state index in [1.54, 1.807) is 0 Å². The predicted molar refractivity (Wildman–Crippen MR) is 55.0 cm³/mol. The van der Waals surface area contributed by atoms with Crippen molar-refractivity contribution in [2.75, 3.05) is 12.3 Å². The zero-order chi connectivity index (χ0) is 8.69. The van der Waals surface area contributed by atoms with Crippen molar-refractivity contribution in [2.45, 2.75) is 38.9 Å². The van der Waals surface area contributed by atoms with Crippen molar-refractivity contribution in [1.29, 1.82) is 0 Å². The Morgan fingerprint density at radius 1 is 1.36 bits per heavy atom. The smallest absolute Gasteiger partial charge is 0.00308 e. The maximum Gasteiger partial charge on any atom is 0.00308 e. The molecular weight excluding hydrogens is 154 g/mol. The van der Waals surface area contributed by atoms with Gasteiger partial charge < -0.3 is 5.73 Å². The predicted octanol–water partition coefficient (Wildman–Crippen LogP) is 2.50. The molecule has 1 nitrogen and oxygen atoms in total. The van der Waals surface area contributed by atoms with Gasteiger partial charge in [0, 0.05) is 5.25 Å². The fourth-order valence-corrected chi connectivity index (χ4v) is 1.96. The van der Waals surface area contributed by atoms with Gasteiger partial charge in [-0.1, -0.05) is 27.2 Å². The molecule has 0 saturated carbocycles. The Morgan fingerprint density at radius 3 is 2.45 bits per heavy atom. The van der Waals surface area contributed by atoms with Crippen LogP contribution in [0.3, 0.4) is 0 Å². The van der Waals surface area contributed by atoms with Crippen LogP contribution in [-0.2, 0) is 0 Å². The van der Waals surface area contributed by atoms with Crippen LogP contribution in [0.5, 0.6) is 0 Å². The molecule has 0 saturated heterocycles. The van der Waals surface area contributed by atoms with E-state index in [4.69, 9.17) is 5.73 Å². The maximum absolute atomic E-state index is 5.45. The Labute approximate surface area is 75.1 Å². The highest BCUT2D eigenvalue weighted by Crippen LogP contribution is 2.18. The second-order valence-corrected chi connectivity index (χ2v) is 4.71. The van der Waals surface area contributed by atoms with Crippen molar-refractivity contribution >= 4 is 11.8 Å². The highest BCUT2D eigenvalue weighted by Gasteiger charge is 2.03. The molecule has 2 atom stereocenters. The normalized spacial score (nSPS) is 16.4. The molecule has 0 aliphatic rings. The average Bonchev–Trinajstić information content (AvgIpc) is 2.01. The minimum absolute atomic E-state index is 0.744. The molecule has 0 amide bonds. The third-order valence-corrected chi connectivity index (χ3v) is 3.50. The Bertz CT molecular complexity index is 85.6. The van der Waals surface area contributed by atoms with Crippen LogP contribution < -0.4 is 5.73 Å². The first-order valence-electron chi connectivity index (χ1n) is 4.52. The Balaban J connectivity index is 3.22. The van der Waals surface area contributed by atoms with Crippen LogP contribution in [0.15, 0.2) is 0 Å². The summed E-state index contributed by atoms with van der Waals surface area (Å²) in [7, 11) is 0. The molecule has 0 aromatic heterocycles. The van der Waals surface area contributed by atoms with Crippen molar-refractivity contribution in [2.24, 2.45) is 11.7 Å². The SMILES string of the molecule is CCC(C)CSC(C)CCN. The van der Waals surface area contributed by atoms with Gasteiger partial charge in [0.05, 0.1) is 0 Å². The summed E-state index contributed by atoms with van der Waals surface area (Å²) in [6.07, 6.45) is 2.45. The van der Waals surface area contributed by atoms with Gasteiger partial charge in [0.15, 0.2) is 0 Å². The highest BCUT2D eigenvalue weighted by molar-refractivity contribution is 7.99. The Kier molecular flexibility index (Phi) is 7.18. The molecular formula is C9H21NS. The van der Waals surface area contributed by atoms with E-state index >= 15 is 0 Å². The highest BCUT2D eigenvalue weighted by atomic mass is 32.2. The minimum Gasteiger partial charge on any atom is -0.330 e. The maximum atomic E-state index is 5.45. The largest absolute Gasteiger partial charge is 0.330 e. The van der Waals surface area contributed by atoms with Crippen molar-refractivity contribution < 1.29 is 0 Å². The fraction of sp³-hybridized carbons (Fsp3) is 1.00. The fourth-order valence-electron chi connectivity index (χ4n) is 0.764. The molecule has 0 rings (SSSR count). The molecule has 0 aliphatic carbocycles. The first-order valence-corrected chi connectivity index (χ1v) is 5.57. The van der Waals surface area contributed by atoms with Crippen LogP contribution in [0.25, 0.3) is 0 Å². The van der Waals surface area contributed by atoms with E-state index in [0.717, 1.165) is 24.1 Å². The first kappa shape index (κ1) is 11.3. The van der Waals surface area contributed by atoms with E-state index in [1.165, 1.54) is 12.2 Å². The standard InChI is InChI=1S/C9H21NS/c1-4-8(2)7-11-9(3)5-6-10/h8-9H,4-7,10H2,1-3H3. The van der Waals surface area contributed by atoms with Gasteiger partial charge in [0.25, 0.3) is 0 Å². The number of nitrogens with two attached hydrogens (primary N) is 1. The molecule has 0 bridgehead atoms. The van der Waals surface area contributed by atoms with E-state index in [9.17, 15) is 0 Å². The quantitative estimate of drug-likeness (QED) is 0.671. The molecule has 0 aromatic rings. The van der Waals surface area contributed by atoms with Crippen LogP contribution in [0.1, 0.15) is 33.6 Å². The molecule has 0 aliphatic heterocycles. The molecule has 11 heavy (non-hydrogen) atoms. The van der Waals surface area contributed by atoms with Crippen LogP contribution in [0.2, 0.25) is 0 Å². The van der Waals surface area contributed by atoms with Crippen LogP contribution in [0.4, 0.5) is 0 Å². The summed E-state index contributed by atoms with van der Waals surface area (Å²) in [5.41, 5.74) is 5.45. The average molecular weight is 175 g/mol. The molecule has 0 spiro atoms. The van der Waals surface area contributed by atoms with Gasteiger partial charge in [-0.3, -0.25) is 0 Å². The molecule has 0 fully saturated rings. The van der Waals surface area contributed by atoms with Gasteiger partial charge in [-0.15, -0.1) is 0 Å². The Hall–Kier alpha value is 0.310. The molecule has 0 radical (unpaired) electrons. The number of thioether (sulfide) groups is 1. The summed E-state index contributed by atoms with van der Waals surface area (Å²) in [6, 6.07) is 0. The van der Waals surface area contributed by atoms with E-state index in [-0.39, 0.29) is 0 Å². The summed E-state index contributed by atoms with van der Waals surface area (Å²) >= 11 is 2.05. The summed E-state index contributed by atoms with van der Waals surface area (Å²) in [5.74, 6) is 2.15. The minimum atomic E-state index is 0.744. The second kappa shape index (κ2) is 6.99. The van der Waals surface area contributed by atoms with Crippen molar-refractivity contribution in [3.8, 4) is 0 Å². The molecule has 2 heteroatoms. The summed E-state index contributed by atoms with van der Waals surface area (Å²) in [6.45, 7) is 7.65. The molecule has 0 aromatic carbocycles. The number of hydrogen-bond acceptors (Lipinski definition) is 2. The van der Waals surface area contributed by atoms with E-state index in [2.05, 4.69) is 32.5 Å². The molecule has 2 unspecified atom stereocenters. The third-order valence-electron chi connectivity index (χ3n) is 1.94. The van der Waals surface area contributed by atoms with E-state index in [1.807, 2.05) is 0 Å². The van der Waals surface area contributed by atoms with E-state index < -0.39 is 0 Å². The lowest BCUT2D eigenvalue weighted by Crippen LogP contribution is -2.09. The van der Waals surface area contributed by atoms with Gasteiger partial charge in [0.1, 0.15) is 0 Å². The van der Waals surface area contributed by atoms with Crippen molar-refractivity contribution in [3.63, 3.8) is 0 Å². The van der Waals surface area contributed by atoms with Gasteiger partial charge >= 0.3 is 0 Å². The summed E-state index contributed by atoms with van der Waals surface area (Å²) in [5, 5.41) is 0.744. The third kappa shape index (κ3) is 6.70. The van der Waals surface area contributed by atoms with E-state index in [0.29, 0.717) is 0 Å². The molecule has 2 N–H and O–H groups in total. The van der Waals surface area contributed by atoms with Crippen LogP contribution >= 0.6 is 11.8 Å². The Morgan fingerprint density at radius 2 is 2.00 bits per heavy atom. The monoisotopic (exact) mass is 175 g/mol. The van der Waals surface area contributed by atoms with Gasteiger partial charge in [0.2, 0.25) is 0 Å². The van der Waals surface area contributed by atoms with Gasteiger partial charge in [-0.25, -0.2) is 0 Å². The lowest BCUT2D eigenvalue weighted by atomic mass is 10.2. The first-order chi connectivity index (χ1) is 5.20. The lowest BCUT2D eigenvalue weighted by Gasteiger charge is -2.12. The zero-order valence-corrected chi connectivity index (χ0v) is 8.79. The number of hydrogen-bond donors (Lipinski definition) is 1. The number of rotatable bonds is 6. The van der Waals surface area contributed by atoms with Crippen LogP contribution in [0, 0.1) is 5.92 Å². The second-order valence-electron chi connectivity index (χ2n) is 3.23. The summed E-state index contributed by atoms with van der Waals surface area (Å²) < 4.78 is 0. The zero-order valence-electron chi connectivity index (χ0n) is 7.97.